The highest BCUT2D eigenvalue weighted by molar-refractivity contribution is 5.97. The summed E-state index contributed by atoms with van der Waals surface area (Å²) < 4.78 is 10.6. The highest BCUT2D eigenvalue weighted by Crippen LogP contribution is 2.30. The van der Waals surface area contributed by atoms with Gasteiger partial charge in [-0.15, -0.1) is 0 Å². The Hall–Kier alpha value is -2.60. The lowest BCUT2D eigenvalue weighted by atomic mass is 9.96. The Bertz CT molecular complexity index is 744. The number of piperidine rings is 1. The minimum absolute atomic E-state index is 0.120. The monoisotopic (exact) mass is 369 g/mol. The van der Waals surface area contributed by atoms with Gasteiger partial charge in [-0.1, -0.05) is 6.07 Å². The molecule has 0 aliphatic carbocycles. The summed E-state index contributed by atoms with van der Waals surface area (Å²) in [5, 5.41) is 3.06. The summed E-state index contributed by atoms with van der Waals surface area (Å²) in [4.78, 5) is 19.1. The Morgan fingerprint density at radius 1 is 1.15 bits per heavy atom. The molecular weight excluding hydrogens is 342 g/mol. The first-order chi connectivity index (χ1) is 13.2. The number of ether oxygens (including phenoxy) is 2. The number of amides is 1. The normalized spacial score (nSPS) is 15.3. The van der Waals surface area contributed by atoms with Crippen molar-refractivity contribution in [3.63, 3.8) is 0 Å². The summed E-state index contributed by atoms with van der Waals surface area (Å²) in [5.41, 5.74) is 1.80. The van der Waals surface area contributed by atoms with Gasteiger partial charge in [0.2, 0.25) is 0 Å². The average molecular weight is 369 g/mol. The number of likely N-dealkylation sites (tertiary alicyclic amines) is 1. The van der Waals surface area contributed by atoms with Gasteiger partial charge in [0.25, 0.3) is 5.91 Å². The smallest absolute Gasteiger partial charge is 0.255 e. The second kappa shape index (κ2) is 9.37. The van der Waals surface area contributed by atoms with Crippen LogP contribution in [0, 0.1) is 5.92 Å². The molecule has 1 N–H and O–H groups in total. The van der Waals surface area contributed by atoms with Crippen LogP contribution in [0.15, 0.2) is 42.7 Å². The maximum atomic E-state index is 12.6. The minimum Gasteiger partial charge on any atom is -0.493 e. The van der Waals surface area contributed by atoms with Gasteiger partial charge in [0.15, 0.2) is 11.5 Å². The quantitative estimate of drug-likeness (QED) is 0.813. The van der Waals surface area contributed by atoms with Crippen LogP contribution in [0.4, 0.5) is 0 Å². The molecule has 0 bridgehead atoms. The Morgan fingerprint density at radius 3 is 2.56 bits per heavy atom. The van der Waals surface area contributed by atoms with Gasteiger partial charge in [0.05, 0.1) is 19.8 Å². The molecule has 1 aliphatic rings. The van der Waals surface area contributed by atoms with E-state index in [-0.39, 0.29) is 5.91 Å². The van der Waals surface area contributed by atoms with Crippen molar-refractivity contribution in [1.82, 2.24) is 15.2 Å². The van der Waals surface area contributed by atoms with Gasteiger partial charge in [-0.05, 0) is 61.7 Å². The summed E-state index contributed by atoms with van der Waals surface area (Å²) in [6.45, 7) is 3.74. The van der Waals surface area contributed by atoms with Gasteiger partial charge in [0.1, 0.15) is 0 Å². The lowest BCUT2D eigenvalue weighted by molar-refractivity contribution is 0.0931. The van der Waals surface area contributed by atoms with Crippen LogP contribution in [0.25, 0.3) is 0 Å². The van der Waals surface area contributed by atoms with E-state index in [4.69, 9.17) is 9.47 Å². The zero-order valence-electron chi connectivity index (χ0n) is 16.0. The Labute approximate surface area is 160 Å². The second-order valence-electron chi connectivity index (χ2n) is 6.83. The Balaban J connectivity index is 1.48. The van der Waals surface area contributed by atoms with E-state index in [1.165, 1.54) is 5.56 Å². The van der Waals surface area contributed by atoms with E-state index >= 15 is 0 Å². The number of aromatic nitrogens is 1. The fourth-order valence-corrected chi connectivity index (χ4v) is 3.49. The number of para-hydroxylation sites is 1. The highest BCUT2D eigenvalue weighted by Gasteiger charge is 2.21. The molecule has 1 fully saturated rings. The molecule has 0 spiro atoms. The van der Waals surface area contributed by atoms with E-state index in [1.807, 2.05) is 12.4 Å². The van der Waals surface area contributed by atoms with Crippen molar-refractivity contribution in [2.45, 2.75) is 19.4 Å². The summed E-state index contributed by atoms with van der Waals surface area (Å²) in [7, 11) is 3.12. The average Bonchev–Trinajstić information content (AvgIpc) is 2.73. The fraction of sp³-hybridized carbons (Fsp3) is 0.429. The zero-order chi connectivity index (χ0) is 19.1. The van der Waals surface area contributed by atoms with Crippen molar-refractivity contribution in [2.75, 3.05) is 33.9 Å². The molecule has 0 radical (unpaired) electrons. The zero-order valence-corrected chi connectivity index (χ0v) is 16.0. The van der Waals surface area contributed by atoms with E-state index in [9.17, 15) is 4.79 Å². The molecule has 2 heterocycles. The van der Waals surface area contributed by atoms with Crippen LogP contribution in [-0.4, -0.2) is 49.6 Å². The number of nitrogens with one attached hydrogen (secondary N) is 1. The minimum atomic E-state index is -0.120. The predicted octanol–water partition coefficient (Wildman–Crippen LogP) is 2.74. The van der Waals surface area contributed by atoms with Crippen molar-refractivity contribution in [2.24, 2.45) is 5.92 Å². The third-order valence-corrected chi connectivity index (χ3v) is 5.06. The van der Waals surface area contributed by atoms with E-state index in [0.29, 0.717) is 29.5 Å². The molecule has 6 heteroatoms. The van der Waals surface area contributed by atoms with E-state index < -0.39 is 0 Å². The SMILES string of the molecule is COc1cccc(C(=O)NCC2CCN(Cc3ccncc3)CC2)c1OC. The molecule has 1 amide bonds. The van der Waals surface area contributed by atoms with Crippen LogP contribution in [0.3, 0.4) is 0 Å². The number of benzene rings is 1. The molecule has 27 heavy (non-hydrogen) atoms. The largest absolute Gasteiger partial charge is 0.493 e. The first kappa shape index (κ1) is 19.2. The highest BCUT2D eigenvalue weighted by atomic mass is 16.5. The number of methoxy groups -OCH3 is 2. The number of nitrogens with zero attached hydrogens (tertiary/aromatic N) is 2. The molecule has 144 valence electrons. The topological polar surface area (TPSA) is 63.7 Å². The van der Waals surface area contributed by atoms with Crippen LogP contribution in [0.1, 0.15) is 28.8 Å². The molecule has 2 aromatic rings. The third-order valence-electron chi connectivity index (χ3n) is 5.06. The number of rotatable bonds is 7. The third kappa shape index (κ3) is 4.98. The molecule has 3 rings (SSSR count). The summed E-state index contributed by atoms with van der Waals surface area (Å²) in [6, 6.07) is 9.47. The molecule has 1 aliphatic heterocycles. The summed E-state index contributed by atoms with van der Waals surface area (Å²) >= 11 is 0. The lowest BCUT2D eigenvalue weighted by Crippen LogP contribution is -2.38. The number of pyridine rings is 1. The Kier molecular flexibility index (Phi) is 6.65. The summed E-state index contributed by atoms with van der Waals surface area (Å²) in [5.74, 6) is 1.42. The van der Waals surface area contributed by atoms with E-state index in [1.54, 1.807) is 32.4 Å². The van der Waals surface area contributed by atoms with Crippen LogP contribution in [0.5, 0.6) is 11.5 Å². The molecule has 1 aromatic heterocycles. The number of hydrogen-bond acceptors (Lipinski definition) is 5. The molecule has 1 aromatic carbocycles. The standard InChI is InChI=1S/C21H27N3O3/c1-26-19-5-3-4-18(20(19)27-2)21(25)23-14-16-8-12-24(13-9-16)15-17-6-10-22-11-7-17/h3-7,10-11,16H,8-9,12-15H2,1-2H3,(H,23,25). The van der Waals surface area contributed by atoms with Crippen LogP contribution < -0.4 is 14.8 Å². The second-order valence-corrected chi connectivity index (χ2v) is 6.83. The van der Waals surface area contributed by atoms with Gasteiger partial charge in [-0.2, -0.15) is 0 Å². The van der Waals surface area contributed by atoms with E-state index in [2.05, 4.69) is 27.3 Å². The van der Waals surface area contributed by atoms with Crippen molar-refractivity contribution in [3.05, 3.63) is 53.9 Å². The fourth-order valence-electron chi connectivity index (χ4n) is 3.49. The Morgan fingerprint density at radius 2 is 1.89 bits per heavy atom. The summed E-state index contributed by atoms with van der Waals surface area (Å²) in [6.07, 6.45) is 5.84. The molecule has 6 nitrogen and oxygen atoms in total. The van der Waals surface area contributed by atoms with Crippen molar-refractivity contribution < 1.29 is 14.3 Å². The van der Waals surface area contributed by atoms with Gasteiger partial charge in [-0.3, -0.25) is 14.7 Å². The molecular formula is C21H27N3O3. The lowest BCUT2D eigenvalue weighted by Gasteiger charge is -2.32. The van der Waals surface area contributed by atoms with Gasteiger partial charge in [-0.25, -0.2) is 0 Å². The van der Waals surface area contributed by atoms with Crippen molar-refractivity contribution in [3.8, 4) is 11.5 Å². The number of carbonyl (C=O) groups excluding carboxylic acids is 1. The molecule has 0 unspecified atom stereocenters. The number of hydrogen-bond donors (Lipinski definition) is 1. The maximum Gasteiger partial charge on any atom is 0.255 e. The van der Waals surface area contributed by atoms with Gasteiger partial charge < -0.3 is 14.8 Å². The van der Waals surface area contributed by atoms with Crippen molar-refractivity contribution >= 4 is 5.91 Å². The number of carbonyl (C=O) groups is 1. The van der Waals surface area contributed by atoms with Gasteiger partial charge in [0, 0.05) is 25.5 Å². The first-order valence-corrected chi connectivity index (χ1v) is 9.31. The maximum absolute atomic E-state index is 12.6. The first-order valence-electron chi connectivity index (χ1n) is 9.31. The van der Waals surface area contributed by atoms with E-state index in [0.717, 1.165) is 32.5 Å². The van der Waals surface area contributed by atoms with Crippen molar-refractivity contribution in [1.29, 1.82) is 0 Å². The van der Waals surface area contributed by atoms with Crippen LogP contribution in [-0.2, 0) is 6.54 Å². The van der Waals surface area contributed by atoms with Crippen LogP contribution in [0.2, 0.25) is 0 Å². The van der Waals surface area contributed by atoms with Gasteiger partial charge >= 0.3 is 0 Å². The molecule has 0 atom stereocenters. The predicted molar refractivity (Wildman–Crippen MR) is 104 cm³/mol. The van der Waals surface area contributed by atoms with Crippen LogP contribution >= 0.6 is 0 Å². The molecule has 0 saturated carbocycles. The molecule has 1 saturated heterocycles.